The van der Waals surface area contributed by atoms with Crippen molar-refractivity contribution >= 4 is 16.7 Å². The topological polar surface area (TPSA) is 57.7 Å². The fraction of sp³-hybridized carbons (Fsp3) is 0.421. The standard InChI is InChI=1S/C19H25N5/c1-12-6-19-21-10-16(11-24(19)23-12)9-20-8-15-4-5-18-17(7-15)13(2)14(3)22-18/h4-7,16,20-22H,8-11H2,1-3H3/t16-/m0/s1. The van der Waals surface area contributed by atoms with Gasteiger partial charge in [-0.2, -0.15) is 5.10 Å². The van der Waals surface area contributed by atoms with Crippen LogP contribution in [-0.4, -0.2) is 27.9 Å². The van der Waals surface area contributed by atoms with Gasteiger partial charge in [0.15, 0.2) is 0 Å². The maximum Gasteiger partial charge on any atom is 0.124 e. The van der Waals surface area contributed by atoms with Crippen molar-refractivity contribution in [3.8, 4) is 0 Å². The minimum atomic E-state index is 0.566. The second-order valence-corrected chi connectivity index (χ2v) is 6.99. The largest absolute Gasteiger partial charge is 0.370 e. The summed E-state index contributed by atoms with van der Waals surface area (Å²) < 4.78 is 2.09. The van der Waals surface area contributed by atoms with Crippen LogP contribution in [0.4, 0.5) is 5.82 Å². The van der Waals surface area contributed by atoms with Crippen molar-refractivity contribution in [2.75, 3.05) is 18.4 Å². The smallest absolute Gasteiger partial charge is 0.124 e. The number of hydrogen-bond acceptors (Lipinski definition) is 3. The number of nitrogens with zero attached hydrogens (tertiary/aromatic N) is 2. The van der Waals surface area contributed by atoms with Crippen LogP contribution >= 0.6 is 0 Å². The van der Waals surface area contributed by atoms with Gasteiger partial charge in [-0.05, 0) is 44.0 Å². The Labute approximate surface area is 142 Å². The number of anilines is 1. The van der Waals surface area contributed by atoms with E-state index in [1.54, 1.807) is 0 Å². The molecule has 4 rings (SSSR count). The van der Waals surface area contributed by atoms with Gasteiger partial charge in [-0.25, -0.2) is 4.68 Å². The molecule has 0 unspecified atom stereocenters. The van der Waals surface area contributed by atoms with Gasteiger partial charge in [-0.15, -0.1) is 0 Å². The third kappa shape index (κ3) is 2.80. The van der Waals surface area contributed by atoms with Gasteiger partial charge in [0.1, 0.15) is 5.82 Å². The summed E-state index contributed by atoms with van der Waals surface area (Å²) in [5, 5.41) is 13.0. The Morgan fingerprint density at radius 1 is 1.25 bits per heavy atom. The van der Waals surface area contributed by atoms with Crippen LogP contribution in [0.1, 0.15) is 22.5 Å². The van der Waals surface area contributed by atoms with Gasteiger partial charge in [-0.3, -0.25) is 0 Å². The van der Waals surface area contributed by atoms with Crippen LogP contribution in [0.25, 0.3) is 10.9 Å². The molecule has 5 nitrogen and oxygen atoms in total. The fourth-order valence-electron chi connectivity index (χ4n) is 3.56. The van der Waals surface area contributed by atoms with Crippen LogP contribution in [0.15, 0.2) is 24.3 Å². The highest BCUT2D eigenvalue weighted by atomic mass is 15.3. The molecule has 0 radical (unpaired) electrons. The lowest BCUT2D eigenvalue weighted by Crippen LogP contribution is -2.35. The van der Waals surface area contributed by atoms with E-state index >= 15 is 0 Å². The Kier molecular flexibility index (Phi) is 3.81. The average molecular weight is 323 g/mol. The summed E-state index contributed by atoms with van der Waals surface area (Å²) in [5.41, 5.74) is 6.26. The van der Waals surface area contributed by atoms with Gasteiger partial charge < -0.3 is 15.6 Å². The van der Waals surface area contributed by atoms with E-state index in [1.807, 2.05) is 6.92 Å². The molecular weight excluding hydrogens is 298 g/mol. The predicted molar refractivity (Wildman–Crippen MR) is 98.4 cm³/mol. The predicted octanol–water partition coefficient (Wildman–Crippen LogP) is 3.12. The Morgan fingerprint density at radius 3 is 3.00 bits per heavy atom. The molecule has 5 heteroatoms. The van der Waals surface area contributed by atoms with E-state index in [-0.39, 0.29) is 0 Å². The van der Waals surface area contributed by atoms with Crippen molar-refractivity contribution in [2.24, 2.45) is 5.92 Å². The summed E-state index contributed by atoms with van der Waals surface area (Å²) in [6, 6.07) is 8.81. The molecule has 0 saturated carbocycles. The van der Waals surface area contributed by atoms with E-state index in [4.69, 9.17) is 0 Å². The molecule has 3 N–H and O–H groups in total. The van der Waals surface area contributed by atoms with Gasteiger partial charge in [0, 0.05) is 54.8 Å². The molecule has 2 aromatic heterocycles. The molecule has 0 fully saturated rings. The molecule has 0 amide bonds. The first kappa shape index (κ1) is 15.3. The van der Waals surface area contributed by atoms with Crippen LogP contribution in [0.3, 0.4) is 0 Å². The number of aryl methyl sites for hydroxylation is 3. The molecule has 0 aliphatic carbocycles. The summed E-state index contributed by atoms with van der Waals surface area (Å²) in [5.74, 6) is 1.71. The van der Waals surface area contributed by atoms with Crippen molar-refractivity contribution < 1.29 is 0 Å². The third-order valence-corrected chi connectivity index (χ3v) is 5.04. The summed E-state index contributed by atoms with van der Waals surface area (Å²) in [6.45, 7) is 10.2. The van der Waals surface area contributed by atoms with Crippen molar-refractivity contribution in [2.45, 2.75) is 33.9 Å². The number of aromatic amines is 1. The Morgan fingerprint density at radius 2 is 2.12 bits per heavy atom. The first-order valence-corrected chi connectivity index (χ1v) is 8.67. The summed E-state index contributed by atoms with van der Waals surface area (Å²) in [6.07, 6.45) is 0. The number of nitrogens with one attached hydrogen (secondary N) is 3. The second-order valence-electron chi connectivity index (χ2n) is 6.99. The van der Waals surface area contributed by atoms with Gasteiger partial charge in [-0.1, -0.05) is 6.07 Å². The molecule has 24 heavy (non-hydrogen) atoms. The van der Waals surface area contributed by atoms with Crippen LogP contribution in [-0.2, 0) is 13.1 Å². The lowest BCUT2D eigenvalue weighted by Gasteiger charge is -2.25. The molecular formula is C19H25N5. The normalized spacial score (nSPS) is 17.0. The highest BCUT2D eigenvalue weighted by Crippen LogP contribution is 2.22. The number of aromatic nitrogens is 3. The van der Waals surface area contributed by atoms with Gasteiger partial charge in [0.05, 0.1) is 5.69 Å². The maximum absolute atomic E-state index is 4.54. The molecule has 0 bridgehead atoms. The van der Waals surface area contributed by atoms with Crippen LogP contribution < -0.4 is 10.6 Å². The van der Waals surface area contributed by atoms with Crippen LogP contribution in [0, 0.1) is 26.7 Å². The van der Waals surface area contributed by atoms with Crippen LogP contribution in [0.2, 0.25) is 0 Å². The minimum Gasteiger partial charge on any atom is -0.370 e. The summed E-state index contributed by atoms with van der Waals surface area (Å²) in [7, 11) is 0. The van der Waals surface area contributed by atoms with E-state index in [0.29, 0.717) is 5.92 Å². The Balaban J connectivity index is 1.37. The van der Waals surface area contributed by atoms with Crippen molar-refractivity contribution in [1.29, 1.82) is 0 Å². The van der Waals surface area contributed by atoms with Crippen LogP contribution in [0.5, 0.6) is 0 Å². The number of fused-ring (bicyclic) bond motifs is 2. The molecule has 1 aliphatic rings. The van der Waals surface area contributed by atoms with Crippen molar-refractivity contribution in [1.82, 2.24) is 20.1 Å². The van der Waals surface area contributed by atoms with Gasteiger partial charge >= 0.3 is 0 Å². The summed E-state index contributed by atoms with van der Waals surface area (Å²) >= 11 is 0. The molecule has 1 aromatic carbocycles. The molecule has 126 valence electrons. The molecule has 1 atom stereocenters. The molecule has 3 aromatic rings. The quantitative estimate of drug-likeness (QED) is 0.691. The molecule has 0 spiro atoms. The maximum atomic E-state index is 4.54. The molecule has 0 saturated heterocycles. The van der Waals surface area contributed by atoms with E-state index < -0.39 is 0 Å². The van der Waals surface area contributed by atoms with E-state index in [1.165, 1.54) is 27.7 Å². The van der Waals surface area contributed by atoms with E-state index in [2.05, 4.69) is 63.5 Å². The first-order valence-electron chi connectivity index (χ1n) is 8.67. The number of H-pyrrole nitrogens is 1. The lowest BCUT2D eigenvalue weighted by atomic mass is 10.1. The lowest BCUT2D eigenvalue weighted by molar-refractivity contribution is 0.390. The Bertz CT molecular complexity index is 873. The monoisotopic (exact) mass is 323 g/mol. The fourth-order valence-corrected chi connectivity index (χ4v) is 3.56. The molecule has 3 heterocycles. The Hall–Kier alpha value is -2.27. The van der Waals surface area contributed by atoms with E-state index in [0.717, 1.165) is 37.7 Å². The number of hydrogen-bond donors (Lipinski definition) is 3. The number of benzene rings is 1. The zero-order valence-corrected chi connectivity index (χ0v) is 14.6. The minimum absolute atomic E-state index is 0.566. The first-order chi connectivity index (χ1) is 11.6. The number of rotatable bonds is 4. The zero-order valence-electron chi connectivity index (χ0n) is 14.6. The van der Waals surface area contributed by atoms with E-state index in [9.17, 15) is 0 Å². The van der Waals surface area contributed by atoms with Crippen molar-refractivity contribution in [3.63, 3.8) is 0 Å². The van der Waals surface area contributed by atoms with Gasteiger partial charge in [0.25, 0.3) is 0 Å². The van der Waals surface area contributed by atoms with Crippen molar-refractivity contribution in [3.05, 3.63) is 46.8 Å². The highest BCUT2D eigenvalue weighted by molar-refractivity contribution is 5.84. The second kappa shape index (κ2) is 5.98. The third-order valence-electron chi connectivity index (χ3n) is 5.04. The summed E-state index contributed by atoms with van der Waals surface area (Å²) in [4.78, 5) is 3.43. The highest BCUT2D eigenvalue weighted by Gasteiger charge is 2.18. The zero-order chi connectivity index (χ0) is 16.7. The van der Waals surface area contributed by atoms with Gasteiger partial charge in [0.2, 0.25) is 0 Å². The SMILES string of the molecule is Cc1cc2n(n1)C[C@@H](CNCc1ccc3[nH]c(C)c(C)c3c1)CN2. The average Bonchev–Trinajstić information content (AvgIpc) is 3.07. The molecule has 1 aliphatic heterocycles.